The first-order valence-corrected chi connectivity index (χ1v) is 5.37. The van der Waals surface area contributed by atoms with Gasteiger partial charge in [-0.05, 0) is 20.8 Å². The molecule has 0 spiro atoms. The minimum Gasteiger partial charge on any atom is -0.394 e. The van der Waals surface area contributed by atoms with Crippen molar-refractivity contribution >= 4 is 5.96 Å². The summed E-state index contributed by atoms with van der Waals surface area (Å²) in [5, 5.41) is 9.06. The summed E-state index contributed by atoms with van der Waals surface area (Å²) in [6.45, 7) is 7.31. The van der Waals surface area contributed by atoms with Crippen molar-refractivity contribution < 1.29 is 9.84 Å². The lowest BCUT2D eigenvalue weighted by atomic mass is 10.2. The van der Waals surface area contributed by atoms with Crippen molar-refractivity contribution in [1.82, 2.24) is 4.90 Å². The molecule has 0 saturated carbocycles. The van der Waals surface area contributed by atoms with Gasteiger partial charge in [0.25, 0.3) is 0 Å². The van der Waals surface area contributed by atoms with Gasteiger partial charge in [0.15, 0.2) is 5.96 Å². The summed E-state index contributed by atoms with van der Waals surface area (Å²) in [5.74, 6) is 0.540. The number of aliphatic hydroxyl groups excluding tert-OH is 1. The maximum absolute atomic E-state index is 9.06. The summed E-state index contributed by atoms with van der Waals surface area (Å²) < 4.78 is 5.52. The number of aliphatic imine (C=N–C) groups is 1. The molecule has 0 aliphatic carbocycles. The van der Waals surface area contributed by atoms with Gasteiger partial charge in [-0.25, -0.2) is 0 Å². The lowest BCUT2D eigenvalue weighted by Crippen LogP contribution is -2.52. The Labute approximate surface area is 90.9 Å². The van der Waals surface area contributed by atoms with E-state index in [9.17, 15) is 0 Å². The minimum atomic E-state index is -0.158. The van der Waals surface area contributed by atoms with Crippen LogP contribution in [0, 0.1) is 0 Å². The Balaban J connectivity index is 2.61. The molecular weight excluding hydrogens is 194 g/mol. The van der Waals surface area contributed by atoms with Gasteiger partial charge in [-0.15, -0.1) is 0 Å². The Hall–Kier alpha value is -0.810. The third kappa shape index (κ3) is 3.68. The topological polar surface area (TPSA) is 71.1 Å². The van der Waals surface area contributed by atoms with Gasteiger partial charge in [0.1, 0.15) is 0 Å². The largest absolute Gasteiger partial charge is 0.394 e. The normalized spacial score (nSPS) is 28.6. The van der Waals surface area contributed by atoms with E-state index in [2.05, 4.69) is 4.99 Å². The highest BCUT2D eigenvalue weighted by Gasteiger charge is 2.25. The number of aliphatic hydroxyl groups is 1. The number of nitrogens with two attached hydrogens (primary N) is 1. The smallest absolute Gasteiger partial charge is 0.191 e. The molecule has 0 aromatic rings. The molecule has 1 heterocycles. The second-order valence-corrected chi connectivity index (χ2v) is 4.24. The SMILES string of the molecule is CC(C)N=C(N)N1CC(C)OC(CO)C1. The van der Waals surface area contributed by atoms with Crippen molar-refractivity contribution in [3.63, 3.8) is 0 Å². The zero-order chi connectivity index (χ0) is 11.4. The van der Waals surface area contributed by atoms with E-state index in [1.165, 1.54) is 0 Å². The average Bonchev–Trinajstić information content (AvgIpc) is 2.15. The summed E-state index contributed by atoms with van der Waals surface area (Å²) in [6.07, 6.45) is -0.0773. The maximum atomic E-state index is 9.06. The van der Waals surface area contributed by atoms with Gasteiger partial charge in [-0.2, -0.15) is 0 Å². The second-order valence-electron chi connectivity index (χ2n) is 4.24. The monoisotopic (exact) mass is 215 g/mol. The van der Waals surface area contributed by atoms with E-state index in [0.29, 0.717) is 12.5 Å². The van der Waals surface area contributed by atoms with Gasteiger partial charge in [-0.1, -0.05) is 0 Å². The molecule has 1 saturated heterocycles. The third-order valence-electron chi connectivity index (χ3n) is 2.24. The van der Waals surface area contributed by atoms with E-state index in [1.54, 1.807) is 0 Å². The van der Waals surface area contributed by atoms with Crippen LogP contribution in [0.25, 0.3) is 0 Å². The molecule has 0 radical (unpaired) electrons. The Kier molecular flexibility index (Phi) is 4.35. The van der Waals surface area contributed by atoms with Gasteiger partial charge < -0.3 is 20.5 Å². The molecule has 0 aromatic carbocycles. The standard InChI is InChI=1S/C10H21N3O2/c1-7(2)12-10(11)13-4-8(3)15-9(5-13)6-14/h7-9,14H,4-6H2,1-3H3,(H2,11,12). The van der Waals surface area contributed by atoms with E-state index >= 15 is 0 Å². The summed E-state index contributed by atoms with van der Waals surface area (Å²) in [4.78, 5) is 6.25. The minimum absolute atomic E-state index is 0.0236. The van der Waals surface area contributed by atoms with E-state index in [0.717, 1.165) is 6.54 Å². The van der Waals surface area contributed by atoms with Crippen LogP contribution < -0.4 is 5.73 Å². The van der Waals surface area contributed by atoms with Crippen LogP contribution in [0.2, 0.25) is 0 Å². The van der Waals surface area contributed by atoms with Crippen molar-refractivity contribution in [3.8, 4) is 0 Å². The third-order valence-corrected chi connectivity index (χ3v) is 2.24. The number of guanidine groups is 1. The van der Waals surface area contributed by atoms with Crippen molar-refractivity contribution in [3.05, 3.63) is 0 Å². The summed E-state index contributed by atoms with van der Waals surface area (Å²) in [7, 11) is 0. The Bertz CT molecular complexity index is 231. The first kappa shape index (κ1) is 12.3. The molecule has 0 amide bonds. The quantitative estimate of drug-likeness (QED) is 0.494. The molecular formula is C10H21N3O2. The number of hydrogen-bond acceptors (Lipinski definition) is 3. The molecule has 1 fully saturated rings. The summed E-state index contributed by atoms with van der Waals surface area (Å²) >= 11 is 0. The first-order valence-electron chi connectivity index (χ1n) is 5.37. The molecule has 15 heavy (non-hydrogen) atoms. The fourth-order valence-electron chi connectivity index (χ4n) is 1.68. The number of morpholine rings is 1. The lowest BCUT2D eigenvalue weighted by Gasteiger charge is -2.36. The van der Waals surface area contributed by atoms with Crippen molar-refractivity contribution in [2.24, 2.45) is 10.7 Å². The highest BCUT2D eigenvalue weighted by atomic mass is 16.5. The molecule has 0 bridgehead atoms. The molecule has 5 nitrogen and oxygen atoms in total. The molecule has 0 aromatic heterocycles. The molecule has 3 N–H and O–H groups in total. The lowest BCUT2D eigenvalue weighted by molar-refractivity contribution is -0.0788. The fourth-order valence-corrected chi connectivity index (χ4v) is 1.68. The van der Waals surface area contributed by atoms with Crippen molar-refractivity contribution in [2.45, 2.75) is 39.0 Å². The van der Waals surface area contributed by atoms with Gasteiger partial charge in [0.05, 0.1) is 18.8 Å². The number of nitrogens with zero attached hydrogens (tertiary/aromatic N) is 2. The zero-order valence-electron chi connectivity index (χ0n) is 9.68. The number of ether oxygens (including phenoxy) is 1. The zero-order valence-corrected chi connectivity index (χ0v) is 9.68. The maximum Gasteiger partial charge on any atom is 0.191 e. The second kappa shape index (κ2) is 5.32. The van der Waals surface area contributed by atoms with Crippen LogP contribution in [-0.4, -0.2) is 53.9 Å². The Morgan fingerprint density at radius 2 is 2.27 bits per heavy atom. The summed E-state index contributed by atoms with van der Waals surface area (Å²) in [6, 6.07) is 0.190. The average molecular weight is 215 g/mol. The van der Waals surface area contributed by atoms with E-state index in [1.807, 2.05) is 25.7 Å². The predicted octanol–water partition coefficient (Wildman–Crippen LogP) is -0.209. The highest BCUT2D eigenvalue weighted by molar-refractivity contribution is 5.78. The van der Waals surface area contributed by atoms with Gasteiger partial charge >= 0.3 is 0 Å². The van der Waals surface area contributed by atoms with Gasteiger partial charge in [0, 0.05) is 19.1 Å². The fraction of sp³-hybridized carbons (Fsp3) is 0.900. The number of hydrogen-bond donors (Lipinski definition) is 2. The Morgan fingerprint density at radius 1 is 1.60 bits per heavy atom. The van der Waals surface area contributed by atoms with E-state index in [-0.39, 0.29) is 24.9 Å². The van der Waals surface area contributed by atoms with E-state index < -0.39 is 0 Å². The molecule has 1 rings (SSSR count). The number of rotatable bonds is 2. The molecule has 2 unspecified atom stereocenters. The predicted molar refractivity (Wildman–Crippen MR) is 59.8 cm³/mol. The van der Waals surface area contributed by atoms with Gasteiger partial charge in [-0.3, -0.25) is 4.99 Å². The van der Waals surface area contributed by atoms with Crippen molar-refractivity contribution in [2.75, 3.05) is 19.7 Å². The molecule has 1 aliphatic heterocycles. The molecule has 5 heteroatoms. The van der Waals surface area contributed by atoms with Gasteiger partial charge in [0.2, 0.25) is 0 Å². The van der Waals surface area contributed by atoms with Crippen LogP contribution in [0.1, 0.15) is 20.8 Å². The first-order chi connectivity index (χ1) is 7.02. The van der Waals surface area contributed by atoms with Crippen molar-refractivity contribution in [1.29, 1.82) is 0 Å². The summed E-state index contributed by atoms with van der Waals surface area (Å²) in [5.41, 5.74) is 5.87. The van der Waals surface area contributed by atoms with Crippen LogP contribution in [0.5, 0.6) is 0 Å². The highest BCUT2D eigenvalue weighted by Crippen LogP contribution is 2.10. The molecule has 88 valence electrons. The van der Waals surface area contributed by atoms with Crippen LogP contribution in [0.3, 0.4) is 0 Å². The van der Waals surface area contributed by atoms with Crippen LogP contribution in [0.15, 0.2) is 4.99 Å². The molecule has 1 aliphatic rings. The van der Waals surface area contributed by atoms with Crippen LogP contribution >= 0.6 is 0 Å². The molecule has 2 atom stereocenters. The van der Waals surface area contributed by atoms with Crippen LogP contribution in [-0.2, 0) is 4.74 Å². The van der Waals surface area contributed by atoms with E-state index in [4.69, 9.17) is 15.6 Å². The Morgan fingerprint density at radius 3 is 2.80 bits per heavy atom. The van der Waals surface area contributed by atoms with Crippen LogP contribution in [0.4, 0.5) is 0 Å².